The van der Waals surface area contributed by atoms with E-state index in [9.17, 15) is 14.9 Å². The van der Waals surface area contributed by atoms with Gasteiger partial charge in [0.25, 0.3) is 5.69 Å². The van der Waals surface area contributed by atoms with Crippen molar-refractivity contribution in [1.29, 1.82) is 0 Å². The SMILES string of the molecule is O=C(COc1cccc([N+](=O)[O-])c1)C1CCCC1. The summed E-state index contributed by atoms with van der Waals surface area (Å²) in [5.74, 6) is 0.582. The van der Waals surface area contributed by atoms with Crippen LogP contribution in [0.25, 0.3) is 0 Å². The quantitative estimate of drug-likeness (QED) is 0.594. The predicted molar refractivity (Wildman–Crippen MR) is 65.6 cm³/mol. The molecule has 2 rings (SSSR count). The van der Waals surface area contributed by atoms with Crippen LogP contribution in [-0.2, 0) is 4.79 Å². The highest BCUT2D eigenvalue weighted by Crippen LogP contribution is 2.26. The predicted octanol–water partition coefficient (Wildman–Crippen LogP) is 2.73. The first kappa shape index (κ1) is 12.5. The van der Waals surface area contributed by atoms with Crippen molar-refractivity contribution in [2.45, 2.75) is 25.7 Å². The van der Waals surface area contributed by atoms with Crippen LogP contribution in [0.1, 0.15) is 25.7 Å². The molecule has 18 heavy (non-hydrogen) atoms. The van der Waals surface area contributed by atoms with Gasteiger partial charge in [-0.3, -0.25) is 14.9 Å². The molecule has 1 aromatic carbocycles. The van der Waals surface area contributed by atoms with Gasteiger partial charge in [0.05, 0.1) is 11.0 Å². The highest BCUT2D eigenvalue weighted by Gasteiger charge is 2.22. The van der Waals surface area contributed by atoms with Gasteiger partial charge in [-0.05, 0) is 18.9 Å². The van der Waals surface area contributed by atoms with Crippen molar-refractivity contribution in [2.24, 2.45) is 5.92 Å². The number of carbonyl (C=O) groups is 1. The molecule has 0 amide bonds. The number of hydrogen-bond donors (Lipinski definition) is 0. The van der Waals surface area contributed by atoms with Crippen LogP contribution in [0.2, 0.25) is 0 Å². The van der Waals surface area contributed by atoms with Gasteiger partial charge in [0.2, 0.25) is 0 Å². The largest absolute Gasteiger partial charge is 0.486 e. The van der Waals surface area contributed by atoms with Crippen molar-refractivity contribution in [2.75, 3.05) is 6.61 Å². The lowest BCUT2D eigenvalue weighted by Gasteiger charge is -2.09. The molecule has 1 aliphatic rings. The summed E-state index contributed by atoms with van der Waals surface area (Å²) >= 11 is 0. The Morgan fingerprint density at radius 1 is 1.39 bits per heavy atom. The number of hydrogen-bond acceptors (Lipinski definition) is 4. The Kier molecular flexibility index (Phi) is 3.92. The van der Waals surface area contributed by atoms with Gasteiger partial charge in [-0.25, -0.2) is 0 Å². The van der Waals surface area contributed by atoms with E-state index in [2.05, 4.69) is 0 Å². The molecule has 0 bridgehead atoms. The van der Waals surface area contributed by atoms with Gasteiger partial charge in [-0.15, -0.1) is 0 Å². The molecular formula is C13H15NO4. The fourth-order valence-electron chi connectivity index (χ4n) is 2.21. The molecule has 0 aromatic heterocycles. The summed E-state index contributed by atoms with van der Waals surface area (Å²) in [7, 11) is 0. The number of ketones is 1. The Morgan fingerprint density at radius 2 is 2.11 bits per heavy atom. The van der Waals surface area contributed by atoms with Crippen molar-refractivity contribution < 1.29 is 14.5 Å². The lowest BCUT2D eigenvalue weighted by molar-refractivity contribution is -0.384. The number of non-ortho nitro benzene ring substituents is 1. The van der Waals surface area contributed by atoms with Gasteiger partial charge in [0, 0.05) is 12.0 Å². The van der Waals surface area contributed by atoms with E-state index in [1.54, 1.807) is 12.1 Å². The molecule has 1 aromatic rings. The number of carbonyl (C=O) groups excluding carboxylic acids is 1. The van der Waals surface area contributed by atoms with Crippen molar-refractivity contribution >= 4 is 11.5 Å². The molecule has 0 N–H and O–H groups in total. The van der Waals surface area contributed by atoms with Crippen LogP contribution >= 0.6 is 0 Å². The van der Waals surface area contributed by atoms with E-state index in [1.807, 2.05) is 0 Å². The lowest BCUT2D eigenvalue weighted by Crippen LogP contribution is -2.19. The summed E-state index contributed by atoms with van der Waals surface area (Å²) in [5, 5.41) is 10.6. The lowest BCUT2D eigenvalue weighted by atomic mass is 10.0. The highest BCUT2D eigenvalue weighted by molar-refractivity contribution is 5.82. The van der Waals surface area contributed by atoms with Gasteiger partial charge in [0.1, 0.15) is 12.4 Å². The summed E-state index contributed by atoms with van der Waals surface area (Å²) in [6, 6.07) is 5.90. The van der Waals surface area contributed by atoms with E-state index >= 15 is 0 Å². The van der Waals surface area contributed by atoms with Gasteiger partial charge < -0.3 is 4.74 Å². The number of nitro groups is 1. The second-order valence-electron chi connectivity index (χ2n) is 4.49. The van der Waals surface area contributed by atoms with E-state index < -0.39 is 4.92 Å². The smallest absolute Gasteiger partial charge is 0.273 e. The highest BCUT2D eigenvalue weighted by atomic mass is 16.6. The van der Waals surface area contributed by atoms with E-state index in [0.717, 1.165) is 25.7 Å². The molecular weight excluding hydrogens is 234 g/mol. The number of Topliss-reactive ketones (excluding diaryl/α,β-unsaturated/α-hetero) is 1. The fraction of sp³-hybridized carbons (Fsp3) is 0.462. The van der Waals surface area contributed by atoms with Crippen LogP contribution in [0.15, 0.2) is 24.3 Å². The third kappa shape index (κ3) is 3.06. The van der Waals surface area contributed by atoms with Crippen molar-refractivity contribution in [1.82, 2.24) is 0 Å². The Morgan fingerprint density at radius 3 is 2.78 bits per heavy atom. The summed E-state index contributed by atoms with van der Waals surface area (Å²) in [5.41, 5.74) is -0.0270. The summed E-state index contributed by atoms with van der Waals surface area (Å²) < 4.78 is 5.32. The van der Waals surface area contributed by atoms with E-state index in [1.165, 1.54) is 12.1 Å². The minimum atomic E-state index is -0.481. The first-order valence-electron chi connectivity index (χ1n) is 6.07. The first-order valence-corrected chi connectivity index (χ1v) is 6.07. The normalized spacial score (nSPS) is 15.6. The summed E-state index contributed by atoms with van der Waals surface area (Å²) in [6.07, 6.45) is 4.09. The molecule has 1 saturated carbocycles. The fourth-order valence-corrected chi connectivity index (χ4v) is 2.21. The second kappa shape index (κ2) is 5.62. The van der Waals surface area contributed by atoms with E-state index in [-0.39, 0.29) is 24.0 Å². The first-order chi connectivity index (χ1) is 8.66. The zero-order valence-electron chi connectivity index (χ0n) is 10.0. The molecule has 0 spiro atoms. The van der Waals surface area contributed by atoms with Crippen molar-refractivity contribution in [3.63, 3.8) is 0 Å². The van der Waals surface area contributed by atoms with Crippen LogP contribution in [0, 0.1) is 16.0 Å². The molecule has 1 aliphatic carbocycles. The number of rotatable bonds is 5. The van der Waals surface area contributed by atoms with E-state index in [0.29, 0.717) is 5.75 Å². The molecule has 0 unspecified atom stereocenters. The number of nitrogens with zero attached hydrogens (tertiary/aromatic N) is 1. The zero-order chi connectivity index (χ0) is 13.0. The third-order valence-electron chi connectivity index (χ3n) is 3.22. The number of benzene rings is 1. The monoisotopic (exact) mass is 249 g/mol. The van der Waals surface area contributed by atoms with Crippen molar-refractivity contribution in [3.8, 4) is 5.75 Å². The van der Waals surface area contributed by atoms with Crippen molar-refractivity contribution in [3.05, 3.63) is 34.4 Å². The average molecular weight is 249 g/mol. The number of nitro benzene ring substituents is 1. The van der Waals surface area contributed by atoms with Crippen LogP contribution in [0.3, 0.4) is 0 Å². The van der Waals surface area contributed by atoms with E-state index in [4.69, 9.17) is 4.74 Å². The molecule has 0 heterocycles. The minimum Gasteiger partial charge on any atom is -0.486 e. The summed E-state index contributed by atoms with van der Waals surface area (Å²) in [4.78, 5) is 21.9. The standard InChI is InChI=1S/C13H15NO4/c15-13(10-4-1-2-5-10)9-18-12-7-3-6-11(8-12)14(16)17/h3,6-8,10H,1-2,4-5,9H2. The maximum atomic E-state index is 11.8. The summed E-state index contributed by atoms with van der Waals surface area (Å²) in [6.45, 7) is 0.00579. The minimum absolute atomic E-state index is 0.00579. The Bertz CT molecular complexity index is 452. The number of ether oxygens (including phenoxy) is 1. The molecule has 96 valence electrons. The molecule has 1 fully saturated rings. The van der Waals surface area contributed by atoms with Gasteiger partial charge >= 0.3 is 0 Å². The van der Waals surface area contributed by atoms with Crippen LogP contribution in [-0.4, -0.2) is 17.3 Å². The second-order valence-corrected chi connectivity index (χ2v) is 4.49. The topological polar surface area (TPSA) is 69.4 Å². The zero-order valence-corrected chi connectivity index (χ0v) is 10.0. The molecule has 5 nitrogen and oxygen atoms in total. The Balaban J connectivity index is 1.91. The van der Waals surface area contributed by atoms with Crippen LogP contribution in [0.5, 0.6) is 5.75 Å². The Hall–Kier alpha value is -1.91. The maximum Gasteiger partial charge on any atom is 0.273 e. The van der Waals surface area contributed by atoms with Crippen LogP contribution in [0.4, 0.5) is 5.69 Å². The Labute approximate surface area is 105 Å². The third-order valence-corrected chi connectivity index (χ3v) is 3.22. The average Bonchev–Trinajstić information content (AvgIpc) is 2.90. The molecule has 0 radical (unpaired) electrons. The molecule has 0 atom stereocenters. The van der Waals surface area contributed by atoms with Crippen LogP contribution < -0.4 is 4.74 Å². The maximum absolute atomic E-state index is 11.8. The molecule has 0 aliphatic heterocycles. The van der Waals surface area contributed by atoms with Gasteiger partial charge in [-0.2, -0.15) is 0 Å². The molecule has 5 heteroatoms. The van der Waals surface area contributed by atoms with Gasteiger partial charge in [-0.1, -0.05) is 18.9 Å². The molecule has 0 saturated heterocycles. The van der Waals surface area contributed by atoms with Gasteiger partial charge in [0.15, 0.2) is 5.78 Å².